The summed E-state index contributed by atoms with van der Waals surface area (Å²) in [5.74, 6) is -0.832. The predicted molar refractivity (Wildman–Crippen MR) is 199 cm³/mol. The highest BCUT2D eigenvalue weighted by molar-refractivity contribution is 6.03. The normalized spacial score (nSPS) is 19.0. The number of pyridine rings is 2. The van der Waals surface area contributed by atoms with Crippen LogP contribution < -0.4 is 16.3 Å². The van der Waals surface area contributed by atoms with Crippen molar-refractivity contribution in [1.29, 1.82) is 0 Å². The quantitative estimate of drug-likeness (QED) is 0.134. The topological polar surface area (TPSA) is 160 Å². The number of carbonyl (C=O) groups is 3. The first kappa shape index (κ1) is 37.8. The van der Waals surface area contributed by atoms with Crippen LogP contribution in [0.1, 0.15) is 94.3 Å². The molecule has 17 heteroatoms. The highest BCUT2D eigenvalue weighted by Gasteiger charge is 2.35. The lowest BCUT2D eigenvalue weighted by molar-refractivity contribution is -0.141. The van der Waals surface area contributed by atoms with Gasteiger partial charge in [-0.05, 0) is 87.4 Å². The fraction of sp³-hybridized carbons (Fsp3) is 0.447. The molecule has 1 aliphatic carbocycles. The van der Waals surface area contributed by atoms with E-state index < -0.39 is 29.7 Å². The van der Waals surface area contributed by atoms with E-state index >= 15 is 4.39 Å². The van der Waals surface area contributed by atoms with Crippen LogP contribution in [-0.2, 0) is 22.8 Å². The molecule has 55 heavy (non-hydrogen) atoms. The maximum atomic E-state index is 15.2. The van der Waals surface area contributed by atoms with Gasteiger partial charge in [0.15, 0.2) is 0 Å². The molecule has 1 saturated carbocycles. The van der Waals surface area contributed by atoms with Gasteiger partial charge in [-0.25, -0.2) is 19.2 Å². The Morgan fingerprint density at radius 1 is 1.00 bits per heavy atom. The molecular weight excluding hydrogens is 722 g/mol. The van der Waals surface area contributed by atoms with E-state index in [0.717, 1.165) is 50.5 Å². The summed E-state index contributed by atoms with van der Waals surface area (Å²) in [6.07, 6.45) is 7.26. The maximum absolute atomic E-state index is 15.2. The standard InChI is InChI=1S/C25H33FN4O3.C13H8F3N5O.2H2/c1-28-23-19(30(25(28)33)20-9-10-21(31)27-24(20)32)8-7-18(26)22(23)17-11-13-29(14-12-17)15-16-5-3-2-4-6-16;14-13(15,16)10-3-1-2-8(19-10)12(22)20-11-4-7-5-18-21-9(7)6-17-11;;/h7-8,16-17,20H,2-6,9-15H2,1H3,(H,27,31,32);1-6H,(H,18,21)(H,17,20,22);2*1H. The molecule has 0 bridgehead atoms. The number of H-pyrrole nitrogens is 1. The van der Waals surface area contributed by atoms with Gasteiger partial charge in [0.25, 0.3) is 5.91 Å². The fourth-order valence-corrected chi connectivity index (χ4v) is 8.05. The van der Waals surface area contributed by atoms with E-state index in [0.29, 0.717) is 27.5 Å². The van der Waals surface area contributed by atoms with E-state index in [4.69, 9.17) is 0 Å². The number of nitrogens with one attached hydrogen (secondary N) is 3. The molecule has 5 aromatic rings. The minimum Gasteiger partial charge on any atom is -0.305 e. The van der Waals surface area contributed by atoms with Crippen LogP contribution in [0.3, 0.4) is 0 Å². The van der Waals surface area contributed by atoms with Crippen molar-refractivity contribution in [1.82, 2.24) is 39.5 Å². The van der Waals surface area contributed by atoms with Crippen molar-refractivity contribution in [3.05, 3.63) is 82.0 Å². The van der Waals surface area contributed by atoms with E-state index in [1.54, 1.807) is 19.2 Å². The lowest BCUT2D eigenvalue weighted by atomic mass is 9.85. The summed E-state index contributed by atoms with van der Waals surface area (Å²) in [5.41, 5.74) is 0.600. The summed E-state index contributed by atoms with van der Waals surface area (Å²) in [4.78, 5) is 59.0. The number of amides is 3. The third kappa shape index (κ3) is 8.16. The van der Waals surface area contributed by atoms with Gasteiger partial charge in [-0.1, -0.05) is 25.3 Å². The molecule has 1 atom stereocenters. The second-order valence-electron chi connectivity index (χ2n) is 14.5. The molecule has 8 rings (SSSR count). The number of alkyl halides is 3. The van der Waals surface area contributed by atoms with E-state index in [2.05, 4.69) is 35.7 Å². The number of halogens is 4. The van der Waals surface area contributed by atoms with Crippen molar-refractivity contribution in [2.45, 2.75) is 75.9 Å². The number of aromatic nitrogens is 6. The molecule has 3 aliphatic rings. The Bertz CT molecular complexity index is 2300. The van der Waals surface area contributed by atoms with Crippen molar-refractivity contribution < 1.29 is 34.8 Å². The Morgan fingerprint density at radius 2 is 1.76 bits per heavy atom. The minimum atomic E-state index is -4.61. The smallest absolute Gasteiger partial charge is 0.305 e. The van der Waals surface area contributed by atoms with Gasteiger partial charge in [0.1, 0.15) is 29.1 Å². The summed E-state index contributed by atoms with van der Waals surface area (Å²) in [5, 5.41) is 11.9. The van der Waals surface area contributed by atoms with E-state index in [1.807, 2.05) is 0 Å². The number of hydrogen-bond donors (Lipinski definition) is 3. The first-order valence-corrected chi connectivity index (χ1v) is 18.5. The molecule has 294 valence electrons. The fourth-order valence-electron chi connectivity index (χ4n) is 8.05. The monoisotopic (exact) mass is 767 g/mol. The van der Waals surface area contributed by atoms with Gasteiger partial charge < -0.3 is 10.2 Å². The average molecular weight is 768 g/mol. The molecule has 3 fully saturated rings. The van der Waals surface area contributed by atoms with Crippen LogP contribution in [0.4, 0.5) is 23.4 Å². The van der Waals surface area contributed by atoms with Gasteiger partial charge in [-0.2, -0.15) is 18.3 Å². The van der Waals surface area contributed by atoms with Gasteiger partial charge in [0, 0.05) is 33.8 Å². The highest BCUT2D eigenvalue weighted by Crippen LogP contribution is 2.37. The van der Waals surface area contributed by atoms with Crippen LogP contribution in [0.5, 0.6) is 0 Å². The molecule has 2 saturated heterocycles. The lowest BCUT2D eigenvalue weighted by Gasteiger charge is -2.35. The Kier molecular flexibility index (Phi) is 10.8. The molecular formula is C38H45F4N9O4. The SMILES string of the molecule is Cn1c(=O)n(C2CCC(=O)NC2=O)c2ccc(F)c(C3CCN(CC4CCCCC4)CC3)c21.O=C(Nc1cc2cn[nH]c2cn1)c1cccc(C(F)(F)F)n1.[HH].[HH]. The Balaban J connectivity index is 0.000000226. The Labute approximate surface area is 315 Å². The number of imide groups is 1. The zero-order valence-electron chi connectivity index (χ0n) is 30.2. The molecule has 4 aromatic heterocycles. The number of nitrogens with zero attached hydrogens (tertiary/aromatic N) is 6. The second kappa shape index (κ2) is 15.7. The van der Waals surface area contributed by atoms with Crippen molar-refractivity contribution >= 4 is 45.5 Å². The van der Waals surface area contributed by atoms with Gasteiger partial charge >= 0.3 is 11.9 Å². The zero-order chi connectivity index (χ0) is 38.9. The summed E-state index contributed by atoms with van der Waals surface area (Å²) < 4.78 is 55.9. The number of anilines is 1. The number of benzene rings is 1. The molecule has 0 spiro atoms. The van der Waals surface area contributed by atoms with E-state index in [-0.39, 0.29) is 50.5 Å². The van der Waals surface area contributed by atoms with Crippen LogP contribution >= 0.6 is 0 Å². The molecule has 1 aromatic carbocycles. The van der Waals surface area contributed by atoms with Crippen LogP contribution in [-0.4, -0.2) is 71.6 Å². The molecule has 2 aliphatic heterocycles. The summed E-state index contributed by atoms with van der Waals surface area (Å²) in [6, 6.07) is 6.93. The van der Waals surface area contributed by atoms with Gasteiger partial charge in [0.05, 0.1) is 28.9 Å². The number of carbonyl (C=O) groups excluding carboxylic acids is 3. The number of fused-ring (bicyclic) bond motifs is 2. The van der Waals surface area contributed by atoms with Crippen LogP contribution in [0, 0.1) is 11.7 Å². The summed E-state index contributed by atoms with van der Waals surface area (Å²) in [6.45, 7) is 3.03. The largest absolute Gasteiger partial charge is 0.433 e. The van der Waals surface area contributed by atoms with Crippen molar-refractivity contribution in [3.8, 4) is 0 Å². The second-order valence-corrected chi connectivity index (χ2v) is 14.5. The molecule has 3 N–H and O–H groups in total. The molecule has 3 amide bonds. The van der Waals surface area contributed by atoms with Gasteiger partial charge in [-0.15, -0.1) is 0 Å². The molecule has 0 radical (unpaired) electrons. The molecule has 6 heterocycles. The third-order valence-electron chi connectivity index (χ3n) is 10.8. The van der Waals surface area contributed by atoms with Crippen LogP contribution in [0.2, 0.25) is 0 Å². The minimum absolute atomic E-state index is 0. The van der Waals surface area contributed by atoms with Crippen LogP contribution in [0.25, 0.3) is 21.9 Å². The Hall–Kier alpha value is -5.45. The summed E-state index contributed by atoms with van der Waals surface area (Å²) in [7, 11) is 1.65. The van der Waals surface area contributed by atoms with Crippen molar-refractivity contribution in [2.75, 3.05) is 25.0 Å². The number of likely N-dealkylation sites (tertiary alicyclic amines) is 1. The number of aromatic amines is 1. The predicted octanol–water partition coefficient (Wildman–Crippen LogP) is 6.33. The number of piperidine rings is 2. The Morgan fingerprint density at radius 3 is 2.49 bits per heavy atom. The molecule has 13 nitrogen and oxygen atoms in total. The van der Waals surface area contributed by atoms with Crippen molar-refractivity contribution in [2.24, 2.45) is 13.0 Å². The number of aryl methyl sites for hydroxylation is 1. The average Bonchev–Trinajstić information content (AvgIpc) is 3.74. The summed E-state index contributed by atoms with van der Waals surface area (Å²) >= 11 is 0. The number of rotatable bonds is 6. The van der Waals surface area contributed by atoms with E-state index in [9.17, 15) is 32.3 Å². The third-order valence-corrected chi connectivity index (χ3v) is 10.8. The maximum Gasteiger partial charge on any atom is 0.433 e. The van der Waals surface area contributed by atoms with Gasteiger partial charge in [-0.3, -0.25) is 33.9 Å². The highest BCUT2D eigenvalue weighted by atomic mass is 19.4. The van der Waals surface area contributed by atoms with Crippen LogP contribution in [0.15, 0.2) is 53.6 Å². The zero-order valence-corrected chi connectivity index (χ0v) is 30.2. The number of hydrogen-bond acceptors (Lipinski definition) is 8. The first-order valence-electron chi connectivity index (χ1n) is 18.5. The van der Waals surface area contributed by atoms with E-state index in [1.165, 1.54) is 65.8 Å². The lowest BCUT2D eigenvalue weighted by Crippen LogP contribution is -2.44. The van der Waals surface area contributed by atoms with Gasteiger partial charge in [0.2, 0.25) is 11.8 Å². The number of imidazole rings is 1. The first-order chi connectivity index (χ1) is 26.4. The van der Waals surface area contributed by atoms with Crippen molar-refractivity contribution in [3.63, 3.8) is 0 Å². The molecule has 1 unspecified atom stereocenters.